The number of nitrogens with one attached hydrogen (secondary N) is 1. The Kier molecular flexibility index (Phi) is 5.06. The Morgan fingerprint density at radius 2 is 2.04 bits per heavy atom. The fourth-order valence-electron chi connectivity index (χ4n) is 3.29. The summed E-state index contributed by atoms with van der Waals surface area (Å²) >= 11 is 0. The van der Waals surface area contributed by atoms with Crippen molar-refractivity contribution >= 4 is 22.0 Å². The lowest BCUT2D eigenvalue weighted by molar-refractivity contribution is 0.0711. The molecule has 6 heteroatoms. The molecule has 1 amide bonds. The molecule has 130 valence electrons. The van der Waals surface area contributed by atoms with Gasteiger partial charge in [-0.15, -0.1) is 0 Å². The number of hydrogen-bond donors (Lipinski definition) is 1. The van der Waals surface area contributed by atoms with Crippen LogP contribution in [0.2, 0.25) is 0 Å². The number of carbonyl (C=O) groups is 1. The topological polar surface area (TPSA) is 66.5 Å². The Morgan fingerprint density at radius 1 is 1.29 bits per heavy atom. The van der Waals surface area contributed by atoms with Crippen LogP contribution in [-0.2, 0) is 16.4 Å². The average Bonchev–Trinajstić information content (AvgIpc) is 2.61. The van der Waals surface area contributed by atoms with E-state index in [0.717, 1.165) is 18.4 Å². The highest BCUT2D eigenvalue weighted by Gasteiger charge is 2.26. The molecule has 0 aromatic heterocycles. The molecular weight excluding hydrogens is 324 g/mol. The van der Waals surface area contributed by atoms with Gasteiger partial charge < -0.3 is 4.90 Å². The second kappa shape index (κ2) is 7.07. The zero-order valence-electron chi connectivity index (χ0n) is 14.0. The van der Waals surface area contributed by atoms with Crippen LogP contribution in [0.4, 0.5) is 0 Å². The van der Waals surface area contributed by atoms with Gasteiger partial charge in [0.1, 0.15) is 0 Å². The summed E-state index contributed by atoms with van der Waals surface area (Å²) in [6.45, 7) is 2.81. The fourth-order valence-corrected chi connectivity index (χ4v) is 4.20. The Balaban J connectivity index is 1.62. The molecule has 24 heavy (non-hydrogen) atoms. The van der Waals surface area contributed by atoms with Gasteiger partial charge in [0, 0.05) is 24.7 Å². The smallest absolute Gasteiger partial charge is 0.253 e. The molecule has 0 unspecified atom stereocenters. The van der Waals surface area contributed by atoms with Crippen LogP contribution < -0.4 is 4.72 Å². The molecule has 1 aromatic carbocycles. The number of rotatable bonds is 4. The molecule has 1 aromatic rings. The molecule has 0 bridgehead atoms. The second-order valence-electron chi connectivity index (χ2n) is 6.44. The van der Waals surface area contributed by atoms with Crippen LogP contribution in [0, 0.1) is 0 Å². The van der Waals surface area contributed by atoms with Gasteiger partial charge in [-0.1, -0.05) is 18.2 Å². The maximum absolute atomic E-state index is 12.7. The lowest BCUT2D eigenvalue weighted by Crippen LogP contribution is -2.46. The highest BCUT2D eigenvalue weighted by Crippen LogP contribution is 2.22. The first-order valence-electron chi connectivity index (χ1n) is 8.57. The number of piperidine rings is 1. The van der Waals surface area contributed by atoms with Crippen molar-refractivity contribution in [2.24, 2.45) is 0 Å². The Hall–Kier alpha value is -1.66. The number of aryl methyl sites for hydroxylation is 1. The van der Waals surface area contributed by atoms with Crippen LogP contribution in [0.15, 0.2) is 24.3 Å². The van der Waals surface area contributed by atoms with Gasteiger partial charge in [-0.05, 0) is 55.9 Å². The molecule has 0 atom stereocenters. The molecule has 2 aliphatic rings. The Morgan fingerprint density at radius 3 is 2.75 bits per heavy atom. The van der Waals surface area contributed by atoms with E-state index < -0.39 is 10.0 Å². The van der Waals surface area contributed by atoms with Gasteiger partial charge in [-0.3, -0.25) is 4.79 Å². The third-order valence-electron chi connectivity index (χ3n) is 4.78. The quantitative estimate of drug-likeness (QED) is 0.907. The van der Waals surface area contributed by atoms with E-state index in [1.54, 1.807) is 6.92 Å². The molecule has 1 aliphatic heterocycles. The van der Waals surface area contributed by atoms with Crippen LogP contribution in [-0.4, -0.2) is 44.1 Å². The van der Waals surface area contributed by atoms with Crippen molar-refractivity contribution < 1.29 is 13.2 Å². The predicted octanol–water partition coefficient (Wildman–Crippen LogP) is 2.19. The first kappa shape index (κ1) is 17.2. The van der Waals surface area contributed by atoms with Crippen LogP contribution >= 0.6 is 0 Å². The Labute approximate surface area is 143 Å². The van der Waals surface area contributed by atoms with Crippen LogP contribution in [0.1, 0.15) is 47.7 Å². The van der Waals surface area contributed by atoms with Crippen molar-refractivity contribution in [3.63, 3.8) is 0 Å². The summed E-state index contributed by atoms with van der Waals surface area (Å²) in [6, 6.07) is 5.85. The number of fused-ring (bicyclic) bond motifs is 1. The number of nitrogens with zero attached hydrogens (tertiary/aromatic N) is 1. The van der Waals surface area contributed by atoms with E-state index in [4.69, 9.17) is 0 Å². The number of likely N-dealkylation sites (tertiary alicyclic amines) is 1. The van der Waals surface area contributed by atoms with Gasteiger partial charge in [0.25, 0.3) is 5.91 Å². The molecule has 0 saturated carbocycles. The molecule has 3 rings (SSSR count). The van der Waals surface area contributed by atoms with E-state index in [2.05, 4.69) is 16.9 Å². The number of sulfonamides is 1. The van der Waals surface area contributed by atoms with E-state index in [9.17, 15) is 13.2 Å². The second-order valence-corrected chi connectivity index (χ2v) is 8.48. The lowest BCUT2D eigenvalue weighted by atomic mass is 9.95. The zero-order valence-corrected chi connectivity index (χ0v) is 14.8. The zero-order chi connectivity index (χ0) is 17.2. The van der Waals surface area contributed by atoms with E-state index >= 15 is 0 Å². The van der Waals surface area contributed by atoms with Crippen LogP contribution in [0.5, 0.6) is 0 Å². The minimum atomic E-state index is -3.18. The maximum Gasteiger partial charge on any atom is 0.253 e. The summed E-state index contributed by atoms with van der Waals surface area (Å²) in [7, 11) is -3.18. The van der Waals surface area contributed by atoms with Crippen molar-refractivity contribution in [2.45, 2.75) is 38.6 Å². The standard InChI is InChI=1S/C18H24N2O3S/c1-2-24(22,23)19-17-9-11-20(12-10-17)18(21)16-8-7-14-5-3-4-6-15(14)13-16/h3,5,7-8,13,17,19H,2,4,6,9-12H2,1H3. The number of hydrogen-bond acceptors (Lipinski definition) is 3. The lowest BCUT2D eigenvalue weighted by Gasteiger charge is -2.32. The number of allylic oxidation sites excluding steroid dienone is 1. The monoisotopic (exact) mass is 348 g/mol. The Bertz CT molecular complexity index is 748. The van der Waals surface area contributed by atoms with Gasteiger partial charge in [0.15, 0.2) is 0 Å². The summed E-state index contributed by atoms with van der Waals surface area (Å²) in [6.07, 6.45) is 7.60. The molecule has 0 spiro atoms. The summed E-state index contributed by atoms with van der Waals surface area (Å²) in [4.78, 5) is 14.5. The van der Waals surface area contributed by atoms with Gasteiger partial charge in [-0.2, -0.15) is 0 Å². The molecule has 1 N–H and O–H groups in total. The summed E-state index contributed by atoms with van der Waals surface area (Å²) in [5.74, 6) is 0.138. The van der Waals surface area contributed by atoms with E-state index in [-0.39, 0.29) is 17.7 Å². The van der Waals surface area contributed by atoms with Crippen molar-refractivity contribution in [1.82, 2.24) is 9.62 Å². The van der Waals surface area contributed by atoms with Gasteiger partial charge >= 0.3 is 0 Å². The van der Waals surface area contributed by atoms with E-state index in [0.29, 0.717) is 25.9 Å². The molecule has 0 radical (unpaired) electrons. The van der Waals surface area contributed by atoms with Gasteiger partial charge in [-0.25, -0.2) is 13.1 Å². The average molecular weight is 348 g/mol. The third-order valence-corrected chi connectivity index (χ3v) is 6.23. The molecule has 1 aliphatic carbocycles. The fraction of sp³-hybridized carbons (Fsp3) is 0.500. The summed E-state index contributed by atoms with van der Waals surface area (Å²) < 4.78 is 26.0. The summed E-state index contributed by atoms with van der Waals surface area (Å²) in [5.41, 5.74) is 3.16. The first-order chi connectivity index (χ1) is 11.5. The minimum absolute atomic E-state index is 0.0455. The van der Waals surface area contributed by atoms with E-state index in [1.807, 2.05) is 23.1 Å². The normalized spacial score (nSPS) is 18.5. The van der Waals surface area contributed by atoms with Gasteiger partial charge in [0.05, 0.1) is 5.75 Å². The van der Waals surface area contributed by atoms with E-state index in [1.165, 1.54) is 11.1 Å². The largest absolute Gasteiger partial charge is 0.339 e. The molecular formula is C18H24N2O3S. The molecule has 5 nitrogen and oxygen atoms in total. The SMILES string of the molecule is CCS(=O)(=O)NC1CCN(C(=O)c2ccc3c(c2)CCC=C3)CC1. The predicted molar refractivity (Wildman–Crippen MR) is 95.3 cm³/mol. The number of benzene rings is 1. The number of carbonyl (C=O) groups excluding carboxylic acids is 1. The highest BCUT2D eigenvalue weighted by atomic mass is 32.2. The van der Waals surface area contributed by atoms with Gasteiger partial charge in [0.2, 0.25) is 10.0 Å². The molecule has 1 fully saturated rings. The van der Waals surface area contributed by atoms with Crippen LogP contribution in [0.25, 0.3) is 6.08 Å². The highest BCUT2D eigenvalue weighted by molar-refractivity contribution is 7.89. The van der Waals surface area contributed by atoms with Crippen molar-refractivity contribution in [3.8, 4) is 0 Å². The first-order valence-corrected chi connectivity index (χ1v) is 10.2. The van der Waals surface area contributed by atoms with Crippen molar-refractivity contribution in [2.75, 3.05) is 18.8 Å². The molecule has 1 heterocycles. The minimum Gasteiger partial charge on any atom is -0.339 e. The van der Waals surface area contributed by atoms with Crippen LogP contribution in [0.3, 0.4) is 0 Å². The maximum atomic E-state index is 12.7. The third kappa shape index (κ3) is 3.87. The van der Waals surface area contributed by atoms with Crippen molar-refractivity contribution in [1.29, 1.82) is 0 Å². The number of amides is 1. The van der Waals surface area contributed by atoms with Crippen molar-refractivity contribution in [3.05, 3.63) is 41.0 Å². The molecule has 1 saturated heterocycles. The summed E-state index contributed by atoms with van der Waals surface area (Å²) in [5, 5.41) is 0.